The number of benzene rings is 1. The first kappa shape index (κ1) is 20.1. The highest BCUT2D eigenvalue weighted by Crippen LogP contribution is 2.32. The number of unbranched alkanes of at least 4 members (excludes halogenated alkanes) is 2. The smallest absolute Gasteiger partial charge is 0.119 e. The Morgan fingerprint density at radius 3 is 2.40 bits per heavy atom. The Morgan fingerprint density at radius 2 is 1.72 bits per heavy atom. The van der Waals surface area contributed by atoms with Crippen molar-refractivity contribution in [3.63, 3.8) is 0 Å². The molecule has 0 aliphatic heterocycles. The highest BCUT2D eigenvalue weighted by molar-refractivity contribution is 5.27. The van der Waals surface area contributed by atoms with Gasteiger partial charge in [0, 0.05) is 0 Å². The molecule has 0 radical (unpaired) electrons. The molecule has 1 heteroatoms. The fourth-order valence-corrected chi connectivity index (χ4v) is 3.86. The van der Waals surface area contributed by atoms with Gasteiger partial charge < -0.3 is 4.74 Å². The van der Waals surface area contributed by atoms with Crippen molar-refractivity contribution in [3.05, 3.63) is 42.0 Å². The number of hydrogen-bond acceptors (Lipinski definition) is 1. The number of hydrogen-bond donors (Lipinski definition) is 0. The van der Waals surface area contributed by atoms with Gasteiger partial charge in [-0.2, -0.15) is 0 Å². The van der Waals surface area contributed by atoms with Crippen LogP contribution < -0.4 is 4.74 Å². The first-order valence-electron chi connectivity index (χ1n) is 10.7. The van der Waals surface area contributed by atoms with Crippen LogP contribution in [0, 0.1) is 11.8 Å². The molecule has 1 saturated carbocycles. The Hall–Kier alpha value is -1.24. The zero-order chi connectivity index (χ0) is 17.7. The largest absolute Gasteiger partial charge is 0.494 e. The molecule has 0 N–H and O–H groups in total. The zero-order valence-electron chi connectivity index (χ0n) is 16.5. The van der Waals surface area contributed by atoms with E-state index in [1.54, 1.807) is 0 Å². The third kappa shape index (κ3) is 8.12. The fraction of sp³-hybridized carbons (Fsp3) is 0.667. The van der Waals surface area contributed by atoms with Crippen LogP contribution in [0.2, 0.25) is 0 Å². The summed E-state index contributed by atoms with van der Waals surface area (Å²) in [6, 6.07) is 8.63. The summed E-state index contributed by atoms with van der Waals surface area (Å²) in [5.74, 6) is 2.86. The summed E-state index contributed by atoms with van der Waals surface area (Å²) in [4.78, 5) is 0. The van der Waals surface area contributed by atoms with E-state index >= 15 is 0 Å². The van der Waals surface area contributed by atoms with Crippen LogP contribution in [0.25, 0.3) is 0 Å². The molecule has 0 atom stereocenters. The van der Waals surface area contributed by atoms with Crippen molar-refractivity contribution < 1.29 is 4.74 Å². The monoisotopic (exact) mass is 342 g/mol. The van der Waals surface area contributed by atoms with Crippen molar-refractivity contribution in [1.29, 1.82) is 0 Å². The first-order chi connectivity index (χ1) is 12.3. The van der Waals surface area contributed by atoms with Gasteiger partial charge in [0.1, 0.15) is 5.75 Å². The maximum absolute atomic E-state index is 5.64. The average molecular weight is 343 g/mol. The topological polar surface area (TPSA) is 9.23 Å². The van der Waals surface area contributed by atoms with Crippen molar-refractivity contribution >= 4 is 0 Å². The Bertz CT molecular complexity index is 465. The lowest BCUT2D eigenvalue weighted by Crippen LogP contribution is -2.13. The number of rotatable bonds is 11. The van der Waals surface area contributed by atoms with E-state index in [4.69, 9.17) is 4.74 Å². The minimum absolute atomic E-state index is 0.808. The third-order valence-corrected chi connectivity index (χ3v) is 5.51. The second kappa shape index (κ2) is 12.2. The maximum atomic E-state index is 5.64. The van der Waals surface area contributed by atoms with Gasteiger partial charge in [-0.15, -0.1) is 0 Å². The van der Waals surface area contributed by atoms with Crippen molar-refractivity contribution in [2.45, 2.75) is 84.5 Å². The second-order valence-corrected chi connectivity index (χ2v) is 7.74. The minimum Gasteiger partial charge on any atom is -0.494 e. The fourth-order valence-electron chi connectivity index (χ4n) is 3.86. The van der Waals surface area contributed by atoms with Crippen LogP contribution in [0.4, 0.5) is 0 Å². The summed E-state index contributed by atoms with van der Waals surface area (Å²) < 4.78 is 5.64. The summed E-state index contributed by atoms with van der Waals surface area (Å²) >= 11 is 0. The number of aryl methyl sites for hydroxylation is 1. The molecule has 0 unspecified atom stereocenters. The SMILES string of the molecule is CCCCC[C@H]1CC[C@H](C=CCCc2ccc(OCCC)cc2)CC1. The van der Waals surface area contributed by atoms with Gasteiger partial charge in [0.15, 0.2) is 0 Å². The van der Waals surface area contributed by atoms with Crippen molar-refractivity contribution in [1.82, 2.24) is 0 Å². The molecule has 25 heavy (non-hydrogen) atoms. The molecule has 1 aromatic rings. The van der Waals surface area contributed by atoms with Gasteiger partial charge >= 0.3 is 0 Å². The predicted molar refractivity (Wildman–Crippen MR) is 109 cm³/mol. The summed E-state index contributed by atoms with van der Waals surface area (Å²) in [5.41, 5.74) is 1.41. The van der Waals surface area contributed by atoms with Gasteiger partial charge in [-0.25, -0.2) is 0 Å². The molecule has 1 nitrogen and oxygen atoms in total. The van der Waals surface area contributed by atoms with E-state index in [1.807, 2.05) is 0 Å². The molecule has 0 heterocycles. The van der Waals surface area contributed by atoms with Crippen LogP contribution in [0.3, 0.4) is 0 Å². The Balaban J connectivity index is 1.60. The molecule has 1 aliphatic rings. The van der Waals surface area contributed by atoms with Gasteiger partial charge in [-0.3, -0.25) is 0 Å². The average Bonchev–Trinajstić information content (AvgIpc) is 2.66. The van der Waals surface area contributed by atoms with E-state index in [0.717, 1.165) is 43.5 Å². The Morgan fingerprint density at radius 1 is 0.960 bits per heavy atom. The van der Waals surface area contributed by atoms with Gasteiger partial charge in [-0.05, 0) is 74.5 Å². The lowest BCUT2D eigenvalue weighted by molar-refractivity contribution is 0.289. The highest BCUT2D eigenvalue weighted by Gasteiger charge is 2.18. The molecule has 1 aliphatic carbocycles. The molecule has 0 saturated heterocycles. The van der Waals surface area contributed by atoms with Crippen molar-refractivity contribution in [2.24, 2.45) is 11.8 Å². The standard InChI is InChI=1S/C24H38O/c1-3-5-6-9-21-12-14-22(15-13-21)10-7-8-11-23-16-18-24(19-17-23)25-20-4-2/h7,10,16-19,21-22H,3-6,8-9,11-15,20H2,1-2H3/t21-,22-. The van der Waals surface area contributed by atoms with Crippen molar-refractivity contribution in [2.75, 3.05) is 6.61 Å². The number of ether oxygens (including phenoxy) is 1. The molecular formula is C24H38O. The van der Waals surface area contributed by atoms with Gasteiger partial charge in [-0.1, -0.05) is 63.8 Å². The summed E-state index contributed by atoms with van der Waals surface area (Å²) in [6.45, 7) is 5.25. The quantitative estimate of drug-likeness (QED) is 0.302. The van der Waals surface area contributed by atoms with Gasteiger partial charge in [0.25, 0.3) is 0 Å². The van der Waals surface area contributed by atoms with Crippen LogP contribution in [0.5, 0.6) is 5.75 Å². The minimum atomic E-state index is 0.808. The van der Waals surface area contributed by atoms with E-state index in [2.05, 4.69) is 50.3 Å². The molecular weight excluding hydrogens is 304 g/mol. The van der Waals surface area contributed by atoms with E-state index in [9.17, 15) is 0 Å². The molecule has 0 bridgehead atoms. The van der Waals surface area contributed by atoms with E-state index in [1.165, 1.54) is 56.9 Å². The normalized spacial score (nSPS) is 20.9. The molecule has 2 rings (SSSR count). The number of allylic oxidation sites excluding steroid dienone is 2. The molecule has 0 amide bonds. The maximum Gasteiger partial charge on any atom is 0.119 e. The van der Waals surface area contributed by atoms with E-state index in [0.29, 0.717) is 0 Å². The molecule has 0 spiro atoms. The predicted octanol–water partition coefficient (Wildman–Crippen LogP) is 7.35. The van der Waals surface area contributed by atoms with Gasteiger partial charge in [0.2, 0.25) is 0 Å². The molecule has 140 valence electrons. The van der Waals surface area contributed by atoms with Crippen LogP contribution in [-0.4, -0.2) is 6.61 Å². The van der Waals surface area contributed by atoms with Gasteiger partial charge in [0.05, 0.1) is 6.61 Å². The van der Waals surface area contributed by atoms with Crippen LogP contribution in [0.1, 0.15) is 83.6 Å². The van der Waals surface area contributed by atoms with E-state index < -0.39 is 0 Å². The molecule has 1 aromatic carbocycles. The van der Waals surface area contributed by atoms with Crippen molar-refractivity contribution in [3.8, 4) is 5.75 Å². The second-order valence-electron chi connectivity index (χ2n) is 7.74. The Labute approximate surface area is 155 Å². The van der Waals surface area contributed by atoms with Crippen LogP contribution in [-0.2, 0) is 6.42 Å². The Kier molecular flexibility index (Phi) is 9.77. The molecule has 0 aromatic heterocycles. The zero-order valence-corrected chi connectivity index (χ0v) is 16.5. The summed E-state index contributed by atoms with van der Waals surface area (Å²) in [6.07, 6.45) is 19.7. The lowest BCUT2D eigenvalue weighted by Gasteiger charge is -2.26. The van der Waals surface area contributed by atoms with Crippen LogP contribution >= 0.6 is 0 Å². The summed E-state index contributed by atoms with van der Waals surface area (Å²) in [5, 5.41) is 0. The van der Waals surface area contributed by atoms with E-state index in [-0.39, 0.29) is 0 Å². The lowest BCUT2D eigenvalue weighted by atomic mass is 9.79. The van der Waals surface area contributed by atoms with Crippen LogP contribution in [0.15, 0.2) is 36.4 Å². The molecule has 1 fully saturated rings. The highest BCUT2D eigenvalue weighted by atomic mass is 16.5. The first-order valence-corrected chi connectivity index (χ1v) is 10.7. The summed E-state index contributed by atoms with van der Waals surface area (Å²) in [7, 11) is 0. The third-order valence-electron chi connectivity index (χ3n) is 5.51.